The molecule has 0 unspecified atom stereocenters. The number of nitrogens with one attached hydrogen (secondary N) is 1. The van der Waals surface area contributed by atoms with Gasteiger partial charge in [-0.1, -0.05) is 0 Å². The molecule has 3 saturated heterocycles. The number of aromatic nitrogens is 2. The van der Waals surface area contributed by atoms with Crippen LogP contribution in [-0.4, -0.2) is 75.7 Å². The first-order chi connectivity index (χ1) is 12.0. The van der Waals surface area contributed by atoms with Crippen LogP contribution in [0.1, 0.15) is 31.6 Å². The zero-order chi connectivity index (χ0) is 17.6. The predicted octanol–water partition coefficient (Wildman–Crippen LogP) is -0.182. The highest BCUT2D eigenvalue weighted by atomic mass is 16.7. The van der Waals surface area contributed by atoms with Crippen molar-refractivity contribution in [1.29, 1.82) is 0 Å². The monoisotopic (exact) mass is 350 g/mol. The SMILES string of the molecule is CC(=O)N1CCC(N[C@H]2[C@H](O)[C@@H](n3ccnc3C)[C@@H]3OC[C@H]2O3)CC1. The molecule has 3 fully saturated rings. The Hall–Kier alpha value is -1.48. The standard InChI is InChI=1S/C17H26N4O4/c1-10-18-5-8-21(10)15-16(23)14(13-9-24-17(15)25-13)19-12-3-6-20(7-4-12)11(2)22/h5,8,12-17,19,23H,3-4,6-7,9H2,1-2H3/t13-,14-,15-,16+,17-/m1/s1. The summed E-state index contributed by atoms with van der Waals surface area (Å²) in [5.74, 6) is 0.956. The Morgan fingerprint density at radius 3 is 2.80 bits per heavy atom. The van der Waals surface area contributed by atoms with Crippen LogP contribution < -0.4 is 5.32 Å². The summed E-state index contributed by atoms with van der Waals surface area (Å²) in [5.41, 5.74) is 0. The average Bonchev–Trinajstić information content (AvgIpc) is 3.21. The number of rotatable bonds is 3. The first kappa shape index (κ1) is 17.0. The average molecular weight is 350 g/mol. The van der Waals surface area contributed by atoms with Crippen molar-refractivity contribution in [1.82, 2.24) is 19.8 Å². The summed E-state index contributed by atoms with van der Waals surface area (Å²) in [6.45, 7) is 5.51. The first-order valence-electron chi connectivity index (χ1n) is 9.00. The molecule has 3 aliphatic rings. The van der Waals surface area contributed by atoms with Crippen molar-refractivity contribution < 1.29 is 19.4 Å². The van der Waals surface area contributed by atoms with E-state index >= 15 is 0 Å². The van der Waals surface area contributed by atoms with Gasteiger partial charge in [-0.15, -0.1) is 0 Å². The highest BCUT2D eigenvalue weighted by Gasteiger charge is 2.51. The third-order valence-corrected chi connectivity index (χ3v) is 5.68. The molecule has 1 amide bonds. The normalized spacial score (nSPS) is 36.0. The van der Waals surface area contributed by atoms with Gasteiger partial charge in [0.1, 0.15) is 18.0 Å². The van der Waals surface area contributed by atoms with Gasteiger partial charge >= 0.3 is 0 Å². The molecule has 0 saturated carbocycles. The number of ether oxygens (including phenoxy) is 2. The van der Waals surface area contributed by atoms with Crippen molar-refractivity contribution in [3.05, 3.63) is 18.2 Å². The summed E-state index contributed by atoms with van der Waals surface area (Å²) in [4.78, 5) is 17.6. The van der Waals surface area contributed by atoms with Crippen LogP contribution in [0.2, 0.25) is 0 Å². The second-order valence-electron chi connectivity index (χ2n) is 7.21. The Labute approximate surface area is 147 Å². The predicted molar refractivity (Wildman–Crippen MR) is 88.8 cm³/mol. The van der Waals surface area contributed by atoms with E-state index in [-0.39, 0.29) is 30.1 Å². The summed E-state index contributed by atoms with van der Waals surface area (Å²) < 4.78 is 13.7. The number of likely N-dealkylation sites (tertiary alicyclic amines) is 1. The molecule has 1 aromatic heterocycles. The van der Waals surface area contributed by atoms with Crippen molar-refractivity contribution in [3.63, 3.8) is 0 Å². The number of aliphatic hydroxyl groups is 1. The van der Waals surface area contributed by atoms with Crippen molar-refractivity contribution in [3.8, 4) is 0 Å². The van der Waals surface area contributed by atoms with Crippen LogP contribution in [0, 0.1) is 6.92 Å². The Bertz CT molecular complexity index is 628. The second-order valence-corrected chi connectivity index (χ2v) is 7.21. The molecule has 1 aromatic rings. The number of piperidine rings is 1. The molecule has 4 rings (SSSR count). The third-order valence-electron chi connectivity index (χ3n) is 5.68. The van der Waals surface area contributed by atoms with Gasteiger partial charge in [0.05, 0.1) is 18.8 Å². The molecule has 138 valence electrons. The van der Waals surface area contributed by atoms with E-state index in [1.807, 2.05) is 22.6 Å². The number of aryl methyl sites for hydroxylation is 1. The molecule has 2 bridgehead atoms. The fourth-order valence-electron chi connectivity index (χ4n) is 4.24. The Kier molecular flexibility index (Phi) is 4.53. The van der Waals surface area contributed by atoms with E-state index < -0.39 is 12.4 Å². The van der Waals surface area contributed by atoms with Crippen molar-refractivity contribution in [2.45, 2.75) is 63.3 Å². The fourth-order valence-corrected chi connectivity index (χ4v) is 4.24. The fraction of sp³-hybridized carbons (Fsp3) is 0.765. The smallest absolute Gasteiger partial charge is 0.219 e. The van der Waals surface area contributed by atoms with Crippen molar-refractivity contribution >= 4 is 5.91 Å². The van der Waals surface area contributed by atoms with E-state index in [2.05, 4.69) is 10.3 Å². The maximum absolute atomic E-state index is 11.5. The summed E-state index contributed by atoms with van der Waals surface area (Å²) in [6.07, 6.45) is 4.14. The number of amides is 1. The van der Waals surface area contributed by atoms with E-state index in [9.17, 15) is 9.90 Å². The van der Waals surface area contributed by atoms with Gasteiger partial charge in [0, 0.05) is 38.4 Å². The Morgan fingerprint density at radius 1 is 1.40 bits per heavy atom. The molecule has 2 N–H and O–H groups in total. The first-order valence-corrected chi connectivity index (χ1v) is 9.00. The molecular weight excluding hydrogens is 324 g/mol. The summed E-state index contributed by atoms with van der Waals surface area (Å²) in [7, 11) is 0. The van der Waals surface area contributed by atoms with Gasteiger partial charge in [-0.25, -0.2) is 4.98 Å². The zero-order valence-electron chi connectivity index (χ0n) is 14.7. The van der Waals surface area contributed by atoms with Crippen LogP contribution in [0.4, 0.5) is 0 Å². The van der Waals surface area contributed by atoms with Crippen LogP contribution in [0.15, 0.2) is 12.4 Å². The van der Waals surface area contributed by atoms with E-state index in [1.54, 1.807) is 13.1 Å². The van der Waals surface area contributed by atoms with E-state index in [1.165, 1.54) is 0 Å². The lowest BCUT2D eigenvalue weighted by Gasteiger charge is -2.42. The van der Waals surface area contributed by atoms with Crippen LogP contribution in [0.5, 0.6) is 0 Å². The van der Waals surface area contributed by atoms with E-state index in [4.69, 9.17) is 9.47 Å². The van der Waals surface area contributed by atoms with Crippen molar-refractivity contribution in [2.24, 2.45) is 0 Å². The largest absolute Gasteiger partial charge is 0.389 e. The number of hydrogen-bond donors (Lipinski definition) is 2. The quantitative estimate of drug-likeness (QED) is 0.786. The van der Waals surface area contributed by atoms with Gasteiger partial charge in [0.15, 0.2) is 6.29 Å². The lowest BCUT2D eigenvalue weighted by Crippen LogP contribution is -2.60. The molecule has 0 aromatic carbocycles. The van der Waals surface area contributed by atoms with Gasteiger partial charge < -0.3 is 29.4 Å². The van der Waals surface area contributed by atoms with Gasteiger partial charge in [-0.2, -0.15) is 0 Å². The Morgan fingerprint density at radius 2 is 2.16 bits per heavy atom. The van der Waals surface area contributed by atoms with Crippen LogP contribution in [0.3, 0.4) is 0 Å². The highest BCUT2D eigenvalue weighted by Crippen LogP contribution is 2.36. The maximum Gasteiger partial charge on any atom is 0.219 e. The summed E-state index contributed by atoms with van der Waals surface area (Å²) >= 11 is 0. The van der Waals surface area contributed by atoms with Crippen LogP contribution in [0.25, 0.3) is 0 Å². The molecule has 5 atom stereocenters. The maximum atomic E-state index is 11.5. The zero-order valence-corrected chi connectivity index (χ0v) is 14.7. The minimum Gasteiger partial charge on any atom is -0.389 e. The lowest BCUT2D eigenvalue weighted by atomic mass is 9.93. The molecule has 3 aliphatic heterocycles. The van der Waals surface area contributed by atoms with Crippen LogP contribution >= 0.6 is 0 Å². The number of nitrogens with zero attached hydrogens (tertiary/aromatic N) is 3. The molecular formula is C17H26N4O4. The molecule has 25 heavy (non-hydrogen) atoms. The lowest BCUT2D eigenvalue weighted by molar-refractivity contribution is -0.167. The number of hydrogen-bond acceptors (Lipinski definition) is 6. The number of carbonyl (C=O) groups excluding carboxylic acids is 1. The molecule has 4 heterocycles. The molecule has 0 spiro atoms. The summed E-state index contributed by atoms with van der Waals surface area (Å²) in [6, 6.07) is -0.240. The third kappa shape index (κ3) is 3.08. The van der Waals surface area contributed by atoms with E-state index in [0.29, 0.717) is 6.61 Å². The minimum absolute atomic E-state index is 0.127. The number of carbonyl (C=O) groups is 1. The minimum atomic E-state index is -0.620. The number of fused-ring (bicyclic) bond motifs is 2. The topological polar surface area (TPSA) is 88.9 Å². The molecule has 8 nitrogen and oxygen atoms in total. The second kappa shape index (κ2) is 6.68. The van der Waals surface area contributed by atoms with Gasteiger partial charge in [0.25, 0.3) is 0 Å². The van der Waals surface area contributed by atoms with E-state index in [0.717, 1.165) is 31.8 Å². The number of aliphatic hydroxyl groups excluding tert-OH is 1. The van der Waals surface area contributed by atoms with Gasteiger partial charge in [-0.05, 0) is 19.8 Å². The Balaban J connectivity index is 1.46. The molecule has 0 radical (unpaired) electrons. The van der Waals surface area contributed by atoms with Gasteiger partial charge in [-0.3, -0.25) is 4.79 Å². The molecule has 8 heteroatoms. The molecule has 0 aliphatic carbocycles. The van der Waals surface area contributed by atoms with Gasteiger partial charge in [0.2, 0.25) is 5.91 Å². The number of imidazole rings is 1. The van der Waals surface area contributed by atoms with Crippen molar-refractivity contribution in [2.75, 3.05) is 19.7 Å². The highest BCUT2D eigenvalue weighted by molar-refractivity contribution is 5.73. The van der Waals surface area contributed by atoms with Crippen LogP contribution in [-0.2, 0) is 14.3 Å². The summed E-state index contributed by atoms with van der Waals surface area (Å²) in [5, 5.41) is 14.6.